The fourth-order valence-corrected chi connectivity index (χ4v) is 1.36. The summed E-state index contributed by atoms with van der Waals surface area (Å²) in [6.45, 7) is 4.39. The number of aromatic nitrogens is 4. The highest BCUT2D eigenvalue weighted by Gasteiger charge is 2.05. The summed E-state index contributed by atoms with van der Waals surface area (Å²) in [5, 5.41) is 11.0. The van der Waals surface area contributed by atoms with Gasteiger partial charge in [0, 0.05) is 25.4 Å². The Labute approximate surface area is 87.3 Å². The van der Waals surface area contributed by atoms with Crippen LogP contribution in [0, 0.1) is 13.8 Å². The van der Waals surface area contributed by atoms with Crippen LogP contribution in [0.3, 0.4) is 0 Å². The molecule has 2 rings (SSSR count). The molecule has 2 heterocycles. The standard InChI is InChI=1S/C9H13N5O/c1-6-8(5-14(3)12-6)4-10-9-11-7(2)13-15-9/h5H,4H2,1-3H3,(H,10,11,13). The Morgan fingerprint density at radius 1 is 1.47 bits per heavy atom. The summed E-state index contributed by atoms with van der Waals surface area (Å²) < 4.78 is 6.72. The van der Waals surface area contributed by atoms with Crippen molar-refractivity contribution in [3.05, 3.63) is 23.3 Å². The van der Waals surface area contributed by atoms with Crippen molar-refractivity contribution < 1.29 is 4.52 Å². The van der Waals surface area contributed by atoms with Crippen LogP contribution < -0.4 is 5.32 Å². The first-order valence-corrected chi connectivity index (χ1v) is 4.68. The van der Waals surface area contributed by atoms with E-state index in [9.17, 15) is 0 Å². The molecule has 0 atom stereocenters. The van der Waals surface area contributed by atoms with Crippen LogP contribution in [0.2, 0.25) is 0 Å². The zero-order chi connectivity index (χ0) is 10.8. The van der Waals surface area contributed by atoms with Crippen molar-refractivity contribution in [3.63, 3.8) is 0 Å². The Bertz CT molecular complexity index is 459. The molecule has 0 aromatic carbocycles. The maximum Gasteiger partial charge on any atom is 0.321 e. The summed E-state index contributed by atoms with van der Waals surface area (Å²) in [7, 11) is 1.90. The lowest BCUT2D eigenvalue weighted by Gasteiger charge is -1.97. The van der Waals surface area contributed by atoms with Crippen molar-refractivity contribution >= 4 is 6.01 Å². The largest absolute Gasteiger partial charge is 0.334 e. The van der Waals surface area contributed by atoms with E-state index in [1.54, 1.807) is 11.6 Å². The van der Waals surface area contributed by atoms with Crippen LogP contribution in [-0.4, -0.2) is 19.9 Å². The lowest BCUT2D eigenvalue weighted by molar-refractivity contribution is 0.425. The first-order valence-electron chi connectivity index (χ1n) is 4.68. The van der Waals surface area contributed by atoms with Crippen LogP contribution in [0.25, 0.3) is 0 Å². The zero-order valence-corrected chi connectivity index (χ0v) is 8.98. The molecule has 0 bridgehead atoms. The average molecular weight is 207 g/mol. The molecule has 0 saturated heterocycles. The van der Waals surface area contributed by atoms with Crippen LogP contribution >= 0.6 is 0 Å². The average Bonchev–Trinajstić information content (AvgIpc) is 2.70. The van der Waals surface area contributed by atoms with Gasteiger partial charge < -0.3 is 9.84 Å². The maximum atomic E-state index is 4.93. The molecule has 0 aliphatic heterocycles. The van der Waals surface area contributed by atoms with Gasteiger partial charge in [-0.25, -0.2) is 0 Å². The predicted octanol–water partition coefficient (Wildman–Crippen LogP) is 1.03. The number of nitrogens with one attached hydrogen (secondary N) is 1. The first-order chi connectivity index (χ1) is 7.15. The SMILES string of the molecule is Cc1noc(NCc2cn(C)nc2C)n1. The van der Waals surface area contributed by atoms with Gasteiger partial charge in [-0.05, 0) is 13.8 Å². The molecule has 2 aromatic rings. The highest BCUT2D eigenvalue weighted by molar-refractivity contribution is 5.24. The van der Waals surface area contributed by atoms with Crippen molar-refractivity contribution in [2.45, 2.75) is 20.4 Å². The Balaban J connectivity index is 2.01. The van der Waals surface area contributed by atoms with Gasteiger partial charge in [0.05, 0.1) is 5.69 Å². The summed E-state index contributed by atoms with van der Waals surface area (Å²) in [6.07, 6.45) is 1.96. The van der Waals surface area contributed by atoms with Crippen LogP contribution in [-0.2, 0) is 13.6 Å². The predicted molar refractivity (Wildman–Crippen MR) is 54.3 cm³/mol. The smallest absolute Gasteiger partial charge is 0.321 e. The minimum absolute atomic E-state index is 0.441. The van der Waals surface area contributed by atoms with E-state index in [-0.39, 0.29) is 0 Å². The molecule has 80 valence electrons. The van der Waals surface area contributed by atoms with Crippen molar-refractivity contribution in [1.82, 2.24) is 19.9 Å². The molecule has 6 heteroatoms. The highest BCUT2D eigenvalue weighted by atomic mass is 16.5. The normalized spacial score (nSPS) is 10.6. The van der Waals surface area contributed by atoms with E-state index in [1.165, 1.54) is 0 Å². The maximum absolute atomic E-state index is 4.93. The monoisotopic (exact) mass is 207 g/mol. The number of hydrogen-bond acceptors (Lipinski definition) is 5. The van der Waals surface area contributed by atoms with Gasteiger partial charge in [0.15, 0.2) is 5.82 Å². The van der Waals surface area contributed by atoms with E-state index in [4.69, 9.17) is 4.52 Å². The molecular formula is C9H13N5O. The van der Waals surface area contributed by atoms with Gasteiger partial charge in [-0.15, -0.1) is 0 Å². The molecule has 0 aliphatic carbocycles. The molecule has 0 unspecified atom stereocenters. The number of hydrogen-bond donors (Lipinski definition) is 1. The van der Waals surface area contributed by atoms with Gasteiger partial charge >= 0.3 is 6.01 Å². The van der Waals surface area contributed by atoms with Gasteiger partial charge in [-0.3, -0.25) is 4.68 Å². The van der Waals surface area contributed by atoms with Crippen molar-refractivity contribution in [3.8, 4) is 0 Å². The van der Waals surface area contributed by atoms with Gasteiger partial charge in [0.25, 0.3) is 0 Å². The van der Waals surface area contributed by atoms with Gasteiger partial charge in [0.2, 0.25) is 0 Å². The second-order valence-electron chi connectivity index (χ2n) is 3.41. The first kappa shape index (κ1) is 9.70. The van der Waals surface area contributed by atoms with Crippen LogP contribution in [0.15, 0.2) is 10.7 Å². The number of aryl methyl sites for hydroxylation is 3. The molecular weight excluding hydrogens is 194 g/mol. The van der Waals surface area contributed by atoms with Crippen molar-refractivity contribution in [2.75, 3.05) is 5.32 Å². The van der Waals surface area contributed by atoms with E-state index in [2.05, 4.69) is 20.6 Å². The highest BCUT2D eigenvalue weighted by Crippen LogP contribution is 2.08. The molecule has 0 spiro atoms. The Morgan fingerprint density at radius 2 is 2.27 bits per heavy atom. The minimum Gasteiger partial charge on any atom is -0.334 e. The fraction of sp³-hybridized carbons (Fsp3) is 0.444. The van der Waals surface area contributed by atoms with Crippen molar-refractivity contribution in [1.29, 1.82) is 0 Å². The Morgan fingerprint density at radius 3 is 2.80 bits per heavy atom. The van der Waals surface area contributed by atoms with E-state index in [1.807, 2.05) is 20.2 Å². The van der Waals surface area contributed by atoms with Gasteiger partial charge in [-0.1, -0.05) is 5.16 Å². The molecule has 0 saturated carbocycles. The van der Waals surface area contributed by atoms with E-state index in [0.29, 0.717) is 18.4 Å². The summed E-state index contributed by atoms with van der Waals surface area (Å²) in [5.41, 5.74) is 2.12. The van der Waals surface area contributed by atoms with E-state index >= 15 is 0 Å². The molecule has 0 fully saturated rings. The molecule has 0 aliphatic rings. The lowest BCUT2D eigenvalue weighted by atomic mass is 10.3. The molecule has 1 N–H and O–H groups in total. The number of nitrogens with zero attached hydrogens (tertiary/aromatic N) is 4. The third-order valence-electron chi connectivity index (χ3n) is 2.07. The topological polar surface area (TPSA) is 68.8 Å². The van der Waals surface area contributed by atoms with Crippen LogP contribution in [0.1, 0.15) is 17.1 Å². The molecule has 15 heavy (non-hydrogen) atoms. The van der Waals surface area contributed by atoms with Crippen LogP contribution in [0.5, 0.6) is 0 Å². The molecule has 2 aromatic heterocycles. The van der Waals surface area contributed by atoms with E-state index < -0.39 is 0 Å². The minimum atomic E-state index is 0.441. The second-order valence-corrected chi connectivity index (χ2v) is 3.41. The van der Waals surface area contributed by atoms with Gasteiger partial charge in [-0.2, -0.15) is 10.1 Å². The second kappa shape index (κ2) is 3.72. The Hall–Kier alpha value is -1.85. The quantitative estimate of drug-likeness (QED) is 0.814. The summed E-state index contributed by atoms with van der Waals surface area (Å²) >= 11 is 0. The summed E-state index contributed by atoms with van der Waals surface area (Å²) in [4.78, 5) is 4.05. The molecule has 0 radical (unpaired) electrons. The number of anilines is 1. The summed E-state index contributed by atoms with van der Waals surface area (Å²) in [5.74, 6) is 0.625. The lowest BCUT2D eigenvalue weighted by Crippen LogP contribution is -1.99. The van der Waals surface area contributed by atoms with Crippen LogP contribution in [0.4, 0.5) is 6.01 Å². The number of rotatable bonds is 3. The fourth-order valence-electron chi connectivity index (χ4n) is 1.36. The zero-order valence-electron chi connectivity index (χ0n) is 8.98. The Kier molecular flexibility index (Phi) is 2.40. The third kappa shape index (κ3) is 2.15. The van der Waals surface area contributed by atoms with Gasteiger partial charge in [0.1, 0.15) is 0 Å². The molecule has 6 nitrogen and oxygen atoms in total. The molecule has 0 amide bonds. The van der Waals surface area contributed by atoms with E-state index in [0.717, 1.165) is 11.3 Å². The summed E-state index contributed by atoms with van der Waals surface area (Å²) in [6, 6.07) is 0.441. The third-order valence-corrected chi connectivity index (χ3v) is 2.07. The van der Waals surface area contributed by atoms with Crippen molar-refractivity contribution in [2.24, 2.45) is 7.05 Å².